The van der Waals surface area contributed by atoms with Crippen LogP contribution in [0.1, 0.15) is 50.9 Å². The van der Waals surface area contributed by atoms with Crippen LogP contribution in [-0.4, -0.2) is 28.8 Å². The Morgan fingerprint density at radius 1 is 0.774 bits per heavy atom. The van der Waals surface area contributed by atoms with Crippen molar-refractivity contribution in [3.05, 3.63) is 66.0 Å². The third-order valence-electron chi connectivity index (χ3n) is 5.54. The summed E-state index contributed by atoms with van der Waals surface area (Å²) in [5, 5.41) is 5.06. The molecular formula is C26H29N3O2. The molecule has 160 valence electrons. The largest absolute Gasteiger partial charge is 0.497 e. The fraction of sp³-hybridized carbons (Fsp3) is 0.308. The Bertz CT molecular complexity index is 1210. The van der Waals surface area contributed by atoms with Crippen LogP contribution in [0, 0.1) is 0 Å². The van der Waals surface area contributed by atoms with Crippen LogP contribution >= 0.6 is 0 Å². The van der Waals surface area contributed by atoms with Crippen molar-refractivity contribution in [3.8, 4) is 33.9 Å². The zero-order chi connectivity index (χ0) is 22.1. The summed E-state index contributed by atoms with van der Waals surface area (Å²) < 4.78 is 12.9. The molecule has 0 radical (unpaired) electrons. The van der Waals surface area contributed by atoms with Gasteiger partial charge in [-0.05, 0) is 59.9 Å². The molecule has 31 heavy (non-hydrogen) atoms. The first-order chi connectivity index (χ1) is 14.9. The predicted molar refractivity (Wildman–Crippen MR) is 125 cm³/mol. The summed E-state index contributed by atoms with van der Waals surface area (Å²) in [6.45, 7) is 8.74. The van der Waals surface area contributed by atoms with Crippen molar-refractivity contribution in [3.63, 3.8) is 0 Å². The molecule has 4 rings (SSSR count). The van der Waals surface area contributed by atoms with Gasteiger partial charge in [-0.2, -0.15) is 5.10 Å². The number of hydrogen-bond acceptors (Lipinski definition) is 4. The quantitative estimate of drug-likeness (QED) is 0.369. The number of methoxy groups -OCH3 is 2. The average Bonchev–Trinajstić information content (AvgIpc) is 3.17. The number of nitrogens with zero attached hydrogens (tertiary/aromatic N) is 3. The van der Waals surface area contributed by atoms with Crippen LogP contribution in [0.2, 0.25) is 0 Å². The first-order valence-corrected chi connectivity index (χ1v) is 10.6. The van der Waals surface area contributed by atoms with Crippen LogP contribution in [-0.2, 0) is 0 Å². The first-order valence-electron chi connectivity index (χ1n) is 10.6. The molecule has 0 atom stereocenters. The van der Waals surface area contributed by atoms with Crippen molar-refractivity contribution in [2.75, 3.05) is 14.2 Å². The Hall–Kier alpha value is -3.34. The third kappa shape index (κ3) is 3.88. The lowest BCUT2D eigenvalue weighted by atomic mass is 10.00. The van der Waals surface area contributed by atoms with E-state index in [4.69, 9.17) is 19.6 Å². The number of benzene rings is 2. The third-order valence-corrected chi connectivity index (χ3v) is 5.54. The Morgan fingerprint density at radius 2 is 1.48 bits per heavy atom. The van der Waals surface area contributed by atoms with E-state index < -0.39 is 0 Å². The minimum atomic E-state index is 0.310. The second kappa shape index (κ2) is 8.42. The van der Waals surface area contributed by atoms with E-state index in [9.17, 15) is 0 Å². The second-order valence-corrected chi connectivity index (χ2v) is 8.33. The molecule has 0 bridgehead atoms. The zero-order valence-electron chi connectivity index (χ0n) is 19.0. The van der Waals surface area contributed by atoms with E-state index in [1.165, 1.54) is 0 Å². The maximum absolute atomic E-state index is 5.50. The predicted octanol–water partition coefficient (Wildman–Crippen LogP) is 6.33. The summed E-state index contributed by atoms with van der Waals surface area (Å²) in [4.78, 5) is 5.06. The van der Waals surface area contributed by atoms with E-state index >= 15 is 0 Å². The normalized spacial score (nSPS) is 11.5. The molecule has 5 nitrogen and oxygen atoms in total. The number of rotatable bonds is 6. The number of hydrogen-bond donors (Lipinski definition) is 0. The second-order valence-electron chi connectivity index (χ2n) is 8.33. The van der Waals surface area contributed by atoms with Gasteiger partial charge in [0.15, 0.2) is 5.65 Å². The standard InChI is InChI=1S/C26H29N3O2/c1-16(2)22-15-23(17(3)4)29-26(27-22)24(19-8-7-9-21(14-19)31-6)25(28-29)18-10-12-20(30-5)13-11-18/h7-17H,1-6H3. The lowest BCUT2D eigenvalue weighted by molar-refractivity contribution is 0.415. The molecule has 4 aromatic rings. The summed E-state index contributed by atoms with van der Waals surface area (Å²) >= 11 is 0. The maximum atomic E-state index is 5.50. The van der Waals surface area contributed by atoms with E-state index in [0.717, 1.165) is 50.9 Å². The monoisotopic (exact) mass is 415 g/mol. The van der Waals surface area contributed by atoms with Crippen LogP contribution in [0.5, 0.6) is 11.5 Å². The van der Waals surface area contributed by atoms with Gasteiger partial charge in [-0.3, -0.25) is 0 Å². The summed E-state index contributed by atoms with van der Waals surface area (Å²) in [7, 11) is 3.36. The van der Waals surface area contributed by atoms with Crippen molar-refractivity contribution < 1.29 is 9.47 Å². The van der Waals surface area contributed by atoms with Crippen LogP contribution < -0.4 is 9.47 Å². The summed E-state index contributed by atoms with van der Waals surface area (Å²) in [5.74, 6) is 2.25. The topological polar surface area (TPSA) is 48.7 Å². The molecule has 2 aromatic heterocycles. The SMILES string of the molecule is COc1ccc(-c2nn3c(C(C)C)cc(C(C)C)nc3c2-c2cccc(OC)c2)cc1. The molecule has 0 N–H and O–H groups in total. The zero-order valence-corrected chi connectivity index (χ0v) is 19.0. The van der Waals surface area contributed by atoms with E-state index in [2.05, 4.69) is 39.8 Å². The van der Waals surface area contributed by atoms with E-state index in [-0.39, 0.29) is 0 Å². The van der Waals surface area contributed by atoms with Crippen LogP contribution in [0.3, 0.4) is 0 Å². The van der Waals surface area contributed by atoms with Gasteiger partial charge in [0.05, 0.1) is 19.8 Å². The first kappa shape index (κ1) is 20.9. The van der Waals surface area contributed by atoms with Crippen LogP contribution in [0.25, 0.3) is 28.0 Å². The molecule has 2 aromatic carbocycles. The lowest BCUT2D eigenvalue weighted by Crippen LogP contribution is -2.06. The van der Waals surface area contributed by atoms with Gasteiger partial charge in [0.25, 0.3) is 0 Å². The van der Waals surface area contributed by atoms with E-state index in [0.29, 0.717) is 11.8 Å². The molecule has 0 aliphatic rings. The molecule has 2 heterocycles. The molecule has 5 heteroatoms. The van der Waals surface area contributed by atoms with Gasteiger partial charge in [0, 0.05) is 17.0 Å². The summed E-state index contributed by atoms with van der Waals surface area (Å²) in [5.41, 5.74) is 7.04. The lowest BCUT2D eigenvalue weighted by Gasteiger charge is -2.13. The van der Waals surface area contributed by atoms with Crippen molar-refractivity contribution in [1.82, 2.24) is 14.6 Å². The highest BCUT2D eigenvalue weighted by Crippen LogP contribution is 2.38. The number of fused-ring (bicyclic) bond motifs is 1. The number of ether oxygens (including phenoxy) is 2. The van der Waals surface area contributed by atoms with Gasteiger partial charge in [-0.25, -0.2) is 9.50 Å². The summed E-state index contributed by atoms with van der Waals surface area (Å²) in [6.07, 6.45) is 0. The van der Waals surface area contributed by atoms with Gasteiger partial charge < -0.3 is 9.47 Å². The van der Waals surface area contributed by atoms with Gasteiger partial charge in [0.2, 0.25) is 0 Å². The van der Waals surface area contributed by atoms with Crippen molar-refractivity contribution in [1.29, 1.82) is 0 Å². The highest BCUT2D eigenvalue weighted by Gasteiger charge is 2.22. The van der Waals surface area contributed by atoms with Gasteiger partial charge in [-0.1, -0.05) is 39.8 Å². The molecule has 0 aliphatic carbocycles. The van der Waals surface area contributed by atoms with Crippen molar-refractivity contribution >= 4 is 5.65 Å². The fourth-order valence-electron chi connectivity index (χ4n) is 3.76. The molecule has 0 fully saturated rings. The van der Waals surface area contributed by atoms with Crippen molar-refractivity contribution in [2.45, 2.75) is 39.5 Å². The van der Waals surface area contributed by atoms with Crippen molar-refractivity contribution in [2.24, 2.45) is 0 Å². The Labute approximate surface area is 183 Å². The highest BCUT2D eigenvalue weighted by atomic mass is 16.5. The molecule has 0 saturated heterocycles. The molecule has 0 amide bonds. The Morgan fingerprint density at radius 3 is 2.10 bits per heavy atom. The minimum absolute atomic E-state index is 0.310. The Kier molecular flexibility index (Phi) is 5.68. The molecular weight excluding hydrogens is 386 g/mol. The molecule has 0 aliphatic heterocycles. The Balaban J connectivity index is 2.08. The highest BCUT2D eigenvalue weighted by molar-refractivity contribution is 5.91. The smallest absolute Gasteiger partial charge is 0.164 e. The summed E-state index contributed by atoms with van der Waals surface area (Å²) in [6, 6.07) is 18.3. The van der Waals surface area contributed by atoms with Crippen LogP contribution in [0.15, 0.2) is 54.6 Å². The molecule has 0 unspecified atom stereocenters. The van der Waals surface area contributed by atoms with E-state index in [1.807, 2.05) is 47.0 Å². The van der Waals surface area contributed by atoms with Gasteiger partial charge in [-0.15, -0.1) is 0 Å². The average molecular weight is 416 g/mol. The molecule has 0 saturated carbocycles. The fourth-order valence-corrected chi connectivity index (χ4v) is 3.76. The van der Waals surface area contributed by atoms with E-state index in [1.54, 1.807) is 14.2 Å². The van der Waals surface area contributed by atoms with Crippen LogP contribution in [0.4, 0.5) is 0 Å². The molecule has 0 spiro atoms. The minimum Gasteiger partial charge on any atom is -0.497 e. The van der Waals surface area contributed by atoms with Gasteiger partial charge in [0.1, 0.15) is 17.2 Å². The maximum Gasteiger partial charge on any atom is 0.164 e. The number of aromatic nitrogens is 3. The van der Waals surface area contributed by atoms with Gasteiger partial charge >= 0.3 is 0 Å².